The van der Waals surface area contributed by atoms with Crippen LogP contribution in [0.2, 0.25) is 0 Å². The van der Waals surface area contributed by atoms with Crippen LogP contribution in [0.25, 0.3) is 22.2 Å². The lowest BCUT2D eigenvalue weighted by atomic mass is 9.96. The molecule has 4 aromatic rings. The van der Waals surface area contributed by atoms with Gasteiger partial charge in [-0.3, -0.25) is 4.68 Å². The third-order valence-electron chi connectivity index (χ3n) is 3.95. The maximum atomic E-state index is 13.1. The molecule has 0 aliphatic carbocycles. The van der Waals surface area contributed by atoms with E-state index < -0.39 is 10.0 Å². The molecule has 0 atom stereocenters. The molecule has 0 spiro atoms. The smallest absolute Gasteiger partial charge is 0.269 e. The van der Waals surface area contributed by atoms with Crippen molar-refractivity contribution >= 4 is 34.4 Å². The minimum atomic E-state index is -3.77. The van der Waals surface area contributed by atoms with Crippen LogP contribution in [0, 0.1) is 0 Å². The molecule has 0 aliphatic rings. The van der Waals surface area contributed by atoms with Gasteiger partial charge < -0.3 is 0 Å². The van der Waals surface area contributed by atoms with Gasteiger partial charge in [0.05, 0.1) is 11.1 Å². The van der Waals surface area contributed by atoms with Gasteiger partial charge in [0.2, 0.25) is 0 Å². The SMILES string of the molecule is [B]c1cnc2c(c1)c(-c1cnn(C)c1)cn2S(=O)(=O)c1ccccc1. The number of fused-ring (bicyclic) bond motifs is 1. The number of hydrogen-bond acceptors (Lipinski definition) is 4. The first-order chi connectivity index (χ1) is 12.0. The molecule has 3 heterocycles. The van der Waals surface area contributed by atoms with Crippen LogP contribution in [0.1, 0.15) is 0 Å². The Hall–Kier alpha value is -2.87. The van der Waals surface area contributed by atoms with Crippen molar-refractivity contribution in [2.45, 2.75) is 4.90 Å². The number of nitrogens with zero attached hydrogens (tertiary/aromatic N) is 4. The molecule has 0 N–H and O–H groups in total. The maximum absolute atomic E-state index is 13.1. The van der Waals surface area contributed by atoms with E-state index in [9.17, 15) is 8.42 Å². The number of aromatic nitrogens is 4. The Morgan fingerprint density at radius 2 is 1.84 bits per heavy atom. The Balaban J connectivity index is 2.03. The lowest BCUT2D eigenvalue weighted by Gasteiger charge is -2.06. The van der Waals surface area contributed by atoms with Gasteiger partial charge in [0.25, 0.3) is 10.0 Å². The van der Waals surface area contributed by atoms with Gasteiger partial charge in [-0.2, -0.15) is 5.10 Å². The lowest BCUT2D eigenvalue weighted by molar-refractivity contribution is 0.589. The van der Waals surface area contributed by atoms with Crippen LogP contribution in [-0.2, 0) is 17.1 Å². The summed E-state index contributed by atoms with van der Waals surface area (Å²) in [7, 11) is 3.89. The molecule has 2 radical (unpaired) electrons. The summed E-state index contributed by atoms with van der Waals surface area (Å²) in [5.41, 5.74) is 2.30. The predicted molar refractivity (Wildman–Crippen MR) is 96.3 cm³/mol. The molecule has 0 bridgehead atoms. The van der Waals surface area contributed by atoms with Crippen LogP contribution in [-0.4, -0.2) is 35.0 Å². The Morgan fingerprint density at radius 3 is 2.52 bits per heavy atom. The van der Waals surface area contributed by atoms with Gasteiger partial charge in [0.15, 0.2) is 5.65 Å². The normalized spacial score (nSPS) is 11.9. The quantitative estimate of drug-likeness (QED) is 0.526. The predicted octanol–water partition coefficient (Wildman–Crippen LogP) is 1.47. The van der Waals surface area contributed by atoms with Gasteiger partial charge in [-0.15, -0.1) is 0 Å². The Bertz CT molecular complexity index is 1180. The lowest BCUT2D eigenvalue weighted by Crippen LogP contribution is -2.13. The molecule has 3 aromatic heterocycles. The molecular formula is C17H13BN4O2S. The van der Waals surface area contributed by atoms with Gasteiger partial charge in [0.1, 0.15) is 7.85 Å². The van der Waals surface area contributed by atoms with Crippen LogP contribution < -0.4 is 5.46 Å². The van der Waals surface area contributed by atoms with E-state index in [-0.39, 0.29) is 4.90 Å². The van der Waals surface area contributed by atoms with Crippen LogP contribution >= 0.6 is 0 Å². The highest BCUT2D eigenvalue weighted by molar-refractivity contribution is 7.90. The summed E-state index contributed by atoms with van der Waals surface area (Å²) in [4.78, 5) is 4.45. The van der Waals surface area contributed by atoms with E-state index in [1.807, 2.05) is 6.20 Å². The van der Waals surface area contributed by atoms with E-state index in [1.165, 1.54) is 10.2 Å². The van der Waals surface area contributed by atoms with Crippen molar-refractivity contribution in [1.82, 2.24) is 18.7 Å². The van der Waals surface area contributed by atoms with Gasteiger partial charge >= 0.3 is 0 Å². The molecule has 1 aromatic carbocycles. The molecule has 0 unspecified atom stereocenters. The van der Waals surface area contributed by atoms with E-state index in [2.05, 4.69) is 10.1 Å². The zero-order valence-corrected chi connectivity index (χ0v) is 14.2. The summed E-state index contributed by atoms with van der Waals surface area (Å²) in [5, 5.41) is 4.82. The van der Waals surface area contributed by atoms with Gasteiger partial charge in [-0.05, 0) is 12.1 Å². The molecule has 6 nitrogen and oxygen atoms in total. The van der Waals surface area contributed by atoms with Crippen molar-refractivity contribution < 1.29 is 8.42 Å². The van der Waals surface area contributed by atoms with Gasteiger partial charge in [0, 0.05) is 42.2 Å². The summed E-state index contributed by atoms with van der Waals surface area (Å²) in [6.45, 7) is 0. The van der Waals surface area contributed by atoms with Gasteiger partial charge in [-0.1, -0.05) is 29.7 Å². The van der Waals surface area contributed by atoms with Crippen molar-refractivity contribution in [3.63, 3.8) is 0 Å². The third-order valence-corrected chi connectivity index (χ3v) is 5.61. The highest BCUT2D eigenvalue weighted by Gasteiger charge is 2.23. The second kappa shape index (κ2) is 5.59. The first kappa shape index (κ1) is 15.7. The average Bonchev–Trinajstić information content (AvgIpc) is 3.19. The van der Waals surface area contributed by atoms with Crippen LogP contribution in [0.5, 0.6) is 0 Å². The maximum Gasteiger partial charge on any atom is 0.269 e. The highest BCUT2D eigenvalue weighted by atomic mass is 32.2. The summed E-state index contributed by atoms with van der Waals surface area (Å²) in [6, 6.07) is 9.98. The van der Waals surface area contributed by atoms with E-state index in [1.54, 1.807) is 60.5 Å². The summed E-state index contributed by atoms with van der Waals surface area (Å²) in [6.07, 6.45) is 6.51. The summed E-state index contributed by atoms with van der Waals surface area (Å²) >= 11 is 0. The van der Waals surface area contributed by atoms with E-state index in [0.717, 1.165) is 5.56 Å². The molecule has 0 amide bonds. The number of benzene rings is 1. The molecule has 0 aliphatic heterocycles. The van der Waals surface area contributed by atoms with Crippen molar-refractivity contribution in [2.24, 2.45) is 7.05 Å². The molecule has 0 fully saturated rings. The zero-order chi connectivity index (χ0) is 17.6. The minimum Gasteiger partial charge on any atom is -0.275 e. The second-order valence-electron chi connectivity index (χ2n) is 5.70. The zero-order valence-electron chi connectivity index (χ0n) is 13.4. The Labute approximate surface area is 146 Å². The standard InChI is InChI=1S/C17H13BN4O2S/c1-21-10-12(8-20-21)16-11-22(17-15(16)7-13(18)9-19-17)25(23,24)14-5-3-2-4-6-14/h2-11H,1H3. The summed E-state index contributed by atoms with van der Waals surface area (Å²) < 4.78 is 29.0. The van der Waals surface area contributed by atoms with E-state index >= 15 is 0 Å². The van der Waals surface area contributed by atoms with E-state index in [4.69, 9.17) is 7.85 Å². The molecular weight excluding hydrogens is 335 g/mol. The van der Waals surface area contributed by atoms with Gasteiger partial charge in [-0.25, -0.2) is 17.4 Å². The Kier molecular flexibility index (Phi) is 3.50. The number of hydrogen-bond donors (Lipinski definition) is 0. The Morgan fingerprint density at radius 1 is 1.08 bits per heavy atom. The minimum absolute atomic E-state index is 0.197. The first-order valence-corrected chi connectivity index (χ1v) is 8.97. The van der Waals surface area contributed by atoms with Crippen LogP contribution in [0.15, 0.2) is 66.1 Å². The van der Waals surface area contributed by atoms with E-state index in [0.29, 0.717) is 22.1 Å². The molecule has 4 rings (SSSR count). The third kappa shape index (κ3) is 2.55. The number of pyridine rings is 1. The molecule has 25 heavy (non-hydrogen) atoms. The van der Waals surface area contributed by atoms with Crippen molar-refractivity contribution in [3.8, 4) is 11.1 Å². The number of rotatable bonds is 3. The molecule has 0 saturated carbocycles. The first-order valence-electron chi connectivity index (χ1n) is 7.53. The molecule has 122 valence electrons. The van der Waals surface area contributed by atoms with Crippen LogP contribution in [0.4, 0.5) is 0 Å². The molecule has 8 heteroatoms. The van der Waals surface area contributed by atoms with Crippen molar-refractivity contribution in [1.29, 1.82) is 0 Å². The topological polar surface area (TPSA) is 69.8 Å². The number of aryl methyl sites for hydroxylation is 1. The second-order valence-corrected chi connectivity index (χ2v) is 7.51. The fourth-order valence-electron chi connectivity index (χ4n) is 2.78. The van der Waals surface area contributed by atoms with Crippen molar-refractivity contribution in [3.05, 3.63) is 61.2 Å². The monoisotopic (exact) mass is 348 g/mol. The van der Waals surface area contributed by atoms with Crippen molar-refractivity contribution in [2.75, 3.05) is 0 Å². The largest absolute Gasteiger partial charge is 0.275 e. The average molecular weight is 348 g/mol. The van der Waals surface area contributed by atoms with Crippen LogP contribution in [0.3, 0.4) is 0 Å². The summed E-state index contributed by atoms with van der Waals surface area (Å²) in [5.74, 6) is 0. The fraction of sp³-hybridized carbons (Fsp3) is 0.0588. The highest BCUT2D eigenvalue weighted by Crippen LogP contribution is 2.31. The molecule has 0 saturated heterocycles. The fourth-order valence-corrected chi connectivity index (χ4v) is 4.12.